The van der Waals surface area contributed by atoms with Gasteiger partial charge in [0.2, 0.25) is 0 Å². The first kappa shape index (κ1) is 12.0. The lowest BCUT2D eigenvalue weighted by Crippen LogP contribution is -2.50. The van der Waals surface area contributed by atoms with Crippen LogP contribution in [0, 0.1) is 10.8 Å². The fourth-order valence-corrected chi connectivity index (χ4v) is 4.00. The molecule has 3 fully saturated rings. The summed E-state index contributed by atoms with van der Waals surface area (Å²) in [5.74, 6) is 0. The third-order valence-corrected chi connectivity index (χ3v) is 5.43. The molecule has 0 aromatic rings. The van der Waals surface area contributed by atoms with E-state index in [9.17, 15) is 0 Å². The fraction of sp³-hybridized carbons (Fsp3) is 1.00. The predicted molar refractivity (Wildman–Crippen MR) is 70.1 cm³/mol. The van der Waals surface area contributed by atoms with Gasteiger partial charge >= 0.3 is 0 Å². The molecule has 17 heavy (non-hydrogen) atoms. The van der Waals surface area contributed by atoms with Crippen molar-refractivity contribution in [3.05, 3.63) is 0 Å². The van der Waals surface area contributed by atoms with Crippen molar-refractivity contribution in [1.29, 1.82) is 0 Å². The van der Waals surface area contributed by atoms with E-state index in [0.717, 1.165) is 31.2 Å². The van der Waals surface area contributed by atoms with Gasteiger partial charge in [-0.15, -0.1) is 0 Å². The smallest absolute Gasteiger partial charge is 0.0554 e. The van der Waals surface area contributed by atoms with Crippen LogP contribution in [0.4, 0.5) is 0 Å². The van der Waals surface area contributed by atoms with Gasteiger partial charge in [-0.2, -0.15) is 0 Å². The highest BCUT2D eigenvalue weighted by atomic mass is 16.5. The Labute approximate surface area is 105 Å². The summed E-state index contributed by atoms with van der Waals surface area (Å²) < 4.78 is 5.31. The molecule has 0 amide bonds. The summed E-state index contributed by atoms with van der Waals surface area (Å²) in [5, 5.41) is 3.79. The van der Waals surface area contributed by atoms with Crippen LogP contribution < -0.4 is 5.32 Å². The molecule has 0 unspecified atom stereocenters. The van der Waals surface area contributed by atoms with Gasteiger partial charge in [0.05, 0.1) is 13.2 Å². The van der Waals surface area contributed by atoms with Crippen molar-refractivity contribution in [3.63, 3.8) is 0 Å². The Hall–Kier alpha value is -0.0800. The van der Waals surface area contributed by atoms with Gasteiger partial charge in [-0.3, -0.25) is 0 Å². The van der Waals surface area contributed by atoms with E-state index in [4.69, 9.17) is 4.74 Å². The van der Waals surface area contributed by atoms with Crippen LogP contribution in [-0.4, -0.2) is 25.8 Å². The van der Waals surface area contributed by atoms with E-state index in [1.54, 1.807) is 0 Å². The third-order valence-electron chi connectivity index (χ3n) is 5.43. The number of hydrogen-bond donors (Lipinski definition) is 1. The van der Waals surface area contributed by atoms with Gasteiger partial charge in [0.25, 0.3) is 0 Å². The van der Waals surface area contributed by atoms with E-state index < -0.39 is 0 Å². The number of hydrogen-bond acceptors (Lipinski definition) is 2. The zero-order valence-corrected chi connectivity index (χ0v) is 11.3. The zero-order chi connectivity index (χ0) is 11.8. The molecule has 3 rings (SSSR count). The Balaban J connectivity index is 1.42. The van der Waals surface area contributed by atoms with Gasteiger partial charge in [0.1, 0.15) is 0 Å². The van der Waals surface area contributed by atoms with Gasteiger partial charge in [0, 0.05) is 18.0 Å². The molecule has 1 spiro atoms. The normalized spacial score (nSPS) is 31.6. The van der Waals surface area contributed by atoms with Crippen LogP contribution in [0.3, 0.4) is 0 Å². The molecule has 1 N–H and O–H groups in total. The summed E-state index contributed by atoms with van der Waals surface area (Å²) in [4.78, 5) is 0. The van der Waals surface area contributed by atoms with Gasteiger partial charge in [0.15, 0.2) is 0 Å². The molecule has 1 aliphatic heterocycles. The van der Waals surface area contributed by atoms with Gasteiger partial charge in [-0.1, -0.05) is 19.8 Å². The molecule has 1 saturated heterocycles. The molecule has 0 aromatic carbocycles. The van der Waals surface area contributed by atoms with Crippen molar-refractivity contribution >= 4 is 0 Å². The van der Waals surface area contributed by atoms with Crippen LogP contribution in [0.1, 0.15) is 58.3 Å². The maximum atomic E-state index is 5.31. The second-order valence-electron chi connectivity index (χ2n) is 7.17. The lowest BCUT2D eigenvalue weighted by atomic mass is 9.71. The van der Waals surface area contributed by atoms with Crippen LogP contribution in [0.25, 0.3) is 0 Å². The average molecular weight is 237 g/mol. The Morgan fingerprint density at radius 3 is 2.24 bits per heavy atom. The molecule has 2 heteroatoms. The molecule has 98 valence electrons. The fourth-order valence-electron chi connectivity index (χ4n) is 4.00. The van der Waals surface area contributed by atoms with E-state index in [1.165, 1.54) is 51.4 Å². The Kier molecular flexibility index (Phi) is 3.20. The lowest BCUT2D eigenvalue weighted by molar-refractivity contribution is -0.101. The van der Waals surface area contributed by atoms with Crippen LogP contribution in [0.15, 0.2) is 0 Å². The number of nitrogens with one attached hydrogen (secondary N) is 1. The van der Waals surface area contributed by atoms with E-state index in [-0.39, 0.29) is 0 Å². The molecular weight excluding hydrogens is 210 g/mol. The van der Waals surface area contributed by atoms with Crippen molar-refractivity contribution in [2.24, 2.45) is 10.8 Å². The molecule has 2 saturated carbocycles. The summed E-state index contributed by atoms with van der Waals surface area (Å²) in [6, 6.07) is 0.790. The summed E-state index contributed by atoms with van der Waals surface area (Å²) in [6.07, 6.45) is 11.8. The highest BCUT2D eigenvalue weighted by Crippen LogP contribution is 2.48. The van der Waals surface area contributed by atoms with Gasteiger partial charge < -0.3 is 10.1 Å². The minimum atomic E-state index is 0.433. The van der Waals surface area contributed by atoms with Crippen LogP contribution in [0.2, 0.25) is 0 Å². The maximum Gasteiger partial charge on any atom is 0.0554 e. The molecule has 0 bridgehead atoms. The lowest BCUT2D eigenvalue weighted by Gasteiger charge is -2.42. The summed E-state index contributed by atoms with van der Waals surface area (Å²) in [6.45, 7) is 5.41. The van der Waals surface area contributed by atoms with Gasteiger partial charge in [-0.25, -0.2) is 0 Å². The average Bonchev–Trinajstić information content (AvgIpc) is 2.75. The first-order chi connectivity index (χ1) is 8.20. The van der Waals surface area contributed by atoms with E-state index in [0.29, 0.717) is 5.41 Å². The summed E-state index contributed by atoms with van der Waals surface area (Å²) >= 11 is 0. The highest BCUT2D eigenvalue weighted by Gasteiger charge is 2.38. The molecule has 1 heterocycles. The zero-order valence-electron chi connectivity index (χ0n) is 11.3. The van der Waals surface area contributed by atoms with Crippen molar-refractivity contribution in [3.8, 4) is 0 Å². The Morgan fingerprint density at radius 1 is 1.06 bits per heavy atom. The van der Waals surface area contributed by atoms with Crippen LogP contribution >= 0.6 is 0 Å². The van der Waals surface area contributed by atoms with Crippen molar-refractivity contribution in [1.82, 2.24) is 5.32 Å². The SMILES string of the molecule is CC1(CNC2CCC3(CCCC3)CC2)COC1. The standard InChI is InChI=1S/C15H27NO/c1-14(11-17-12-14)10-16-13-4-8-15(9-5-13)6-2-3-7-15/h13,16H,2-12H2,1H3. The van der Waals surface area contributed by atoms with E-state index in [1.807, 2.05) is 0 Å². The Morgan fingerprint density at radius 2 is 1.71 bits per heavy atom. The van der Waals surface area contributed by atoms with Crippen molar-refractivity contribution in [2.75, 3.05) is 19.8 Å². The summed E-state index contributed by atoms with van der Waals surface area (Å²) in [5.41, 5.74) is 1.21. The second kappa shape index (κ2) is 4.55. The first-order valence-corrected chi connectivity index (χ1v) is 7.51. The third kappa shape index (κ3) is 2.53. The quantitative estimate of drug-likeness (QED) is 0.814. The minimum Gasteiger partial charge on any atom is -0.380 e. The highest BCUT2D eigenvalue weighted by molar-refractivity contribution is 4.92. The van der Waals surface area contributed by atoms with E-state index >= 15 is 0 Å². The first-order valence-electron chi connectivity index (χ1n) is 7.51. The largest absolute Gasteiger partial charge is 0.380 e. The second-order valence-corrected chi connectivity index (χ2v) is 7.17. The van der Waals surface area contributed by atoms with Crippen LogP contribution in [-0.2, 0) is 4.74 Å². The number of ether oxygens (including phenoxy) is 1. The van der Waals surface area contributed by atoms with Gasteiger partial charge in [-0.05, 0) is 43.9 Å². The summed E-state index contributed by atoms with van der Waals surface area (Å²) in [7, 11) is 0. The van der Waals surface area contributed by atoms with Crippen LogP contribution in [0.5, 0.6) is 0 Å². The predicted octanol–water partition coefficient (Wildman–Crippen LogP) is 3.12. The molecule has 0 aromatic heterocycles. The van der Waals surface area contributed by atoms with Crippen molar-refractivity contribution in [2.45, 2.75) is 64.3 Å². The molecule has 0 atom stereocenters. The molecule has 3 aliphatic rings. The maximum absolute atomic E-state index is 5.31. The Bertz CT molecular complexity index is 256. The number of rotatable bonds is 3. The van der Waals surface area contributed by atoms with Crippen molar-refractivity contribution < 1.29 is 4.74 Å². The van der Waals surface area contributed by atoms with E-state index in [2.05, 4.69) is 12.2 Å². The molecule has 0 radical (unpaired) electrons. The molecular formula is C15H27NO. The molecule has 2 nitrogen and oxygen atoms in total. The topological polar surface area (TPSA) is 21.3 Å². The monoisotopic (exact) mass is 237 g/mol. The molecule has 2 aliphatic carbocycles. The minimum absolute atomic E-state index is 0.433.